The molecule has 1 aliphatic carbocycles. The maximum Gasteiger partial charge on any atom is 0.308 e. The summed E-state index contributed by atoms with van der Waals surface area (Å²) in [5, 5.41) is 12.0. The van der Waals surface area contributed by atoms with E-state index in [9.17, 15) is 4.79 Å². The standard InChI is InChI=1S/C18H19ClN6O2/c1-27-17(26)11-6-8-12(9-7-11)21-18-20-10-13(19)16(22-18)25-15-5-3-2-4-14(15)23-24-25/h2-5,10-12H,6-9H2,1H3,(H,20,21,22)/t11-,12-. The van der Waals surface area contributed by atoms with E-state index < -0.39 is 0 Å². The molecule has 3 aromatic rings. The number of aromatic nitrogens is 5. The fourth-order valence-electron chi connectivity index (χ4n) is 3.42. The molecular formula is C18H19ClN6O2. The van der Waals surface area contributed by atoms with E-state index in [0.29, 0.717) is 16.8 Å². The quantitative estimate of drug-likeness (QED) is 0.688. The first-order chi connectivity index (χ1) is 13.2. The second-order valence-corrected chi connectivity index (χ2v) is 6.98. The van der Waals surface area contributed by atoms with Gasteiger partial charge in [0.15, 0.2) is 5.82 Å². The topological polar surface area (TPSA) is 94.8 Å². The fraction of sp³-hybridized carbons (Fsp3) is 0.389. The van der Waals surface area contributed by atoms with Gasteiger partial charge < -0.3 is 10.1 Å². The van der Waals surface area contributed by atoms with Crippen LogP contribution in [0.25, 0.3) is 16.9 Å². The van der Waals surface area contributed by atoms with E-state index in [2.05, 4.69) is 25.6 Å². The molecule has 1 aromatic carbocycles. The largest absolute Gasteiger partial charge is 0.469 e. The Hall–Kier alpha value is -2.74. The number of fused-ring (bicyclic) bond motifs is 1. The van der Waals surface area contributed by atoms with Gasteiger partial charge in [-0.2, -0.15) is 9.67 Å². The zero-order chi connectivity index (χ0) is 18.8. The van der Waals surface area contributed by atoms with Crippen molar-refractivity contribution < 1.29 is 9.53 Å². The van der Waals surface area contributed by atoms with Crippen LogP contribution in [0.5, 0.6) is 0 Å². The number of carbonyl (C=O) groups excluding carboxylic acids is 1. The minimum absolute atomic E-state index is 0.0174. The number of rotatable bonds is 4. The van der Waals surface area contributed by atoms with E-state index in [0.717, 1.165) is 36.7 Å². The summed E-state index contributed by atoms with van der Waals surface area (Å²) >= 11 is 6.31. The van der Waals surface area contributed by atoms with Crippen molar-refractivity contribution in [3.63, 3.8) is 0 Å². The molecule has 0 amide bonds. The first-order valence-electron chi connectivity index (χ1n) is 8.83. The van der Waals surface area contributed by atoms with Gasteiger partial charge in [-0.05, 0) is 37.8 Å². The summed E-state index contributed by atoms with van der Waals surface area (Å²) in [4.78, 5) is 20.5. The van der Waals surface area contributed by atoms with E-state index in [1.165, 1.54) is 7.11 Å². The van der Waals surface area contributed by atoms with E-state index >= 15 is 0 Å². The van der Waals surface area contributed by atoms with Crippen LogP contribution in [0.3, 0.4) is 0 Å². The number of carbonyl (C=O) groups is 1. The van der Waals surface area contributed by atoms with Gasteiger partial charge in [-0.1, -0.05) is 28.9 Å². The third-order valence-electron chi connectivity index (χ3n) is 4.87. The molecule has 140 valence electrons. The summed E-state index contributed by atoms with van der Waals surface area (Å²) in [7, 11) is 1.43. The summed E-state index contributed by atoms with van der Waals surface area (Å²) in [6.07, 6.45) is 4.85. The van der Waals surface area contributed by atoms with Crippen LogP contribution >= 0.6 is 11.6 Å². The van der Waals surface area contributed by atoms with Gasteiger partial charge in [0.25, 0.3) is 0 Å². The lowest BCUT2D eigenvalue weighted by Crippen LogP contribution is -2.30. The molecule has 9 heteroatoms. The summed E-state index contributed by atoms with van der Waals surface area (Å²) in [5.41, 5.74) is 1.59. The van der Waals surface area contributed by atoms with Crippen molar-refractivity contribution in [3.8, 4) is 5.82 Å². The minimum atomic E-state index is -0.128. The highest BCUT2D eigenvalue weighted by Crippen LogP contribution is 2.28. The monoisotopic (exact) mass is 386 g/mol. The lowest BCUT2D eigenvalue weighted by Gasteiger charge is -2.27. The molecule has 2 aromatic heterocycles. The molecule has 1 aliphatic rings. The molecule has 0 bridgehead atoms. The molecule has 27 heavy (non-hydrogen) atoms. The number of benzene rings is 1. The van der Waals surface area contributed by atoms with Gasteiger partial charge >= 0.3 is 5.97 Å². The molecule has 0 unspecified atom stereocenters. The Morgan fingerprint density at radius 3 is 2.81 bits per heavy atom. The normalized spacial score (nSPS) is 19.8. The first-order valence-corrected chi connectivity index (χ1v) is 9.21. The number of nitrogens with zero attached hydrogens (tertiary/aromatic N) is 5. The molecule has 0 saturated heterocycles. The Morgan fingerprint density at radius 1 is 1.26 bits per heavy atom. The van der Waals surface area contributed by atoms with Crippen molar-refractivity contribution in [2.45, 2.75) is 31.7 Å². The highest BCUT2D eigenvalue weighted by molar-refractivity contribution is 6.32. The third kappa shape index (κ3) is 3.57. The van der Waals surface area contributed by atoms with Gasteiger partial charge in [0, 0.05) is 6.04 Å². The number of hydrogen-bond acceptors (Lipinski definition) is 7. The molecule has 0 atom stereocenters. The Kier molecular flexibility index (Phi) is 4.89. The van der Waals surface area contributed by atoms with Crippen LogP contribution in [0.1, 0.15) is 25.7 Å². The van der Waals surface area contributed by atoms with Gasteiger partial charge in [-0.15, -0.1) is 5.10 Å². The van der Waals surface area contributed by atoms with Crippen molar-refractivity contribution in [1.82, 2.24) is 25.0 Å². The summed E-state index contributed by atoms with van der Waals surface area (Å²) in [5.74, 6) is 0.814. The number of methoxy groups -OCH3 is 1. The molecule has 8 nitrogen and oxygen atoms in total. The zero-order valence-electron chi connectivity index (χ0n) is 14.8. The van der Waals surface area contributed by atoms with Crippen LogP contribution in [0.15, 0.2) is 30.5 Å². The number of ether oxygens (including phenoxy) is 1. The number of hydrogen-bond donors (Lipinski definition) is 1. The highest BCUT2D eigenvalue weighted by atomic mass is 35.5. The average molecular weight is 387 g/mol. The molecule has 0 aliphatic heterocycles. The fourth-order valence-corrected chi connectivity index (χ4v) is 3.60. The van der Waals surface area contributed by atoms with Crippen molar-refractivity contribution in [1.29, 1.82) is 0 Å². The number of esters is 1. The second-order valence-electron chi connectivity index (χ2n) is 6.57. The molecule has 0 spiro atoms. The Labute approximate surface area is 160 Å². The summed E-state index contributed by atoms with van der Waals surface area (Å²) in [6.45, 7) is 0. The lowest BCUT2D eigenvalue weighted by molar-refractivity contribution is -0.146. The second kappa shape index (κ2) is 7.48. The molecule has 1 fully saturated rings. The highest BCUT2D eigenvalue weighted by Gasteiger charge is 2.27. The average Bonchev–Trinajstić information content (AvgIpc) is 3.13. The van der Waals surface area contributed by atoms with E-state index in [4.69, 9.17) is 16.3 Å². The summed E-state index contributed by atoms with van der Waals surface area (Å²) < 4.78 is 6.44. The Morgan fingerprint density at radius 2 is 2.04 bits per heavy atom. The number of anilines is 1. The van der Waals surface area contributed by atoms with Crippen LogP contribution in [-0.4, -0.2) is 44.1 Å². The van der Waals surface area contributed by atoms with Crippen LogP contribution in [0.4, 0.5) is 5.95 Å². The molecule has 1 saturated carbocycles. The molecule has 2 heterocycles. The smallest absolute Gasteiger partial charge is 0.308 e. The van der Waals surface area contributed by atoms with Gasteiger partial charge in [0.05, 0.1) is 24.7 Å². The third-order valence-corrected chi connectivity index (χ3v) is 5.14. The number of nitrogens with one attached hydrogen (secondary N) is 1. The maximum atomic E-state index is 11.7. The van der Waals surface area contributed by atoms with Gasteiger partial charge in [-0.3, -0.25) is 4.79 Å². The molecule has 1 N–H and O–H groups in total. The molecular weight excluding hydrogens is 368 g/mol. The SMILES string of the molecule is COC(=O)[C@H]1CC[C@H](Nc2ncc(Cl)c(-n3nnc4ccccc43)n2)CC1. The van der Waals surface area contributed by atoms with Crippen molar-refractivity contribution >= 4 is 34.6 Å². The summed E-state index contributed by atoms with van der Waals surface area (Å²) in [6, 6.07) is 7.81. The van der Waals surface area contributed by atoms with Crippen molar-refractivity contribution in [2.24, 2.45) is 5.92 Å². The lowest BCUT2D eigenvalue weighted by atomic mass is 9.86. The predicted octanol–water partition coefficient (Wildman–Crippen LogP) is 3.01. The zero-order valence-corrected chi connectivity index (χ0v) is 15.6. The first kappa shape index (κ1) is 17.7. The van der Waals surface area contributed by atoms with Crippen molar-refractivity contribution in [2.75, 3.05) is 12.4 Å². The van der Waals surface area contributed by atoms with Crippen LogP contribution in [0, 0.1) is 5.92 Å². The van der Waals surface area contributed by atoms with Crippen LogP contribution in [0.2, 0.25) is 5.02 Å². The minimum Gasteiger partial charge on any atom is -0.469 e. The Bertz CT molecular complexity index is 967. The van der Waals surface area contributed by atoms with Gasteiger partial charge in [0.1, 0.15) is 10.5 Å². The van der Waals surface area contributed by atoms with E-state index in [1.54, 1.807) is 10.9 Å². The molecule has 4 rings (SSSR count). The van der Waals surface area contributed by atoms with Gasteiger partial charge in [0.2, 0.25) is 5.95 Å². The van der Waals surface area contributed by atoms with E-state index in [1.807, 2.05) is 24.3 Å². The van der Waals surface area contributed by atoms with Crippen LogP contribution in [-0.2, 0) is 9.53 Å². The maximum absolute atomic E-state index is 11.7. The van der Waals surface area contributed by atoms with E-state index in [-0.39, 0.29) is 17.9 Å². The Balaban J connectivity index is 1.53. The number of para-hydroxylation sites is 1. The van der Waals surface area contributed by atoms with Gasteiger partial charge in [-0.25, -0.2) is 4.98 Å². The molecule has 0 radical (unpaired) electrons. The van der Waals surface area contributed by atoms with Crippen molar-refractivity contribution in [3.05, 3.63) is 35.5 Å². The number of halogens is 1. The predicted molar refractivity (Wildman–Crippen MR) is 101 cm³/mol. The van der Waals surface area contributed by atoms with Crippen LogP contribution < -0.4 is 5.32 Å².